The van der Waals surface area contributed by atoms with Crippen LogP contribution >= 0.6 is 0 Å². The van der Waals surface area contributed by atoms with Gasteiger partial charge in [0.1, 0.15) is 16.8 Å². The number of hydrogen-bond donors (Lipinski definition) is 0. The van der Waals surface area contributed by atoms with Crippen molar-refractivity contribution in [3.63, 3.8) is 0 Å². The number of benzene rings is 2. The maximum absolute atomic E-state index is 13.8. The molecule has 3 aromatic rings. The molecule has 118 valence electrons. The summed E-state index contributed by atoms with van der Waals surface area (Å²) >= 11 is 0. The number of halogens is 4. The molecular formula is C15H7F4NO3. The number of rotatable bonds is 1. The first-order chi connectivity index (χ1) is 10.8. The molecule has 4 nitrogen and oxygen atoms in total. The zero-order chi connectivity index (χ0) is 16.8. The van der Waals surface area contributed by atoms with E-state index in [9.17, 15) is 27.2 Å². The van der Waals surface area contributed by atoms with Crippen molar-refractivity contribution in [1.29, 1.82) is 0 Å². The monoisotopic (exact) mass is 325 g/mol. The number of alkyl halides is 3. The van der Waals surface area contributed by atoms with Crippen LogP contribution < -0.4 is 11.3 Å². The van der Waals surface area contributed by atoms with E-state index in [0.717, 1.165) is 24.3 Å². The summed E-state index contributed by atoms with van der Waals surface area (Å²) in [4.78, 5) is 24.2. The molecule has 2 aromatic carbocycles. The van der Waals surface area contributed by atoms with Gasteiger partial charge in [0, 0.05) is 0 Å². The van der Waals surface area contributed by atoms with Gasteiger partial charge in [-0.25, -0.2) is 13.8 Å². The maximum Gasteiger partial charge on any atom is 0.426 e. The molecule has 0 saturated carbocycles. The average molecular weight is 325 g/mol. The molecule has 8 heteroatoms. The Morgan fingerprint density at radius 1 is 1.00 bits per heavy atom. The molecule has 3 rings (SSSR count). The third-order valence-corrected chi connectivity index (χ3v) is 3.20. The van der Waals surface area contributed by atoms with Crippen LogP contribution in [0.25, 0.3) is 16.7 Å². The average Bonchev–Trinajstić information content (AvgIpc) is 2.46. The highest BCUT2D eigenvalue weighted by atomic mass is 19.4. The number of nitrogens with zero attached hydrogens (tertiary/aromatic N) is 1. The van der Waals surface area contributed by atoms with E-state index in [1.165, 1.54) is 12.1 Å². The number of hydrogen-bond acceptors (Lipinski definition) is 3. The lowest BCUT2D eigenvalue weighted by atomic mass is 10.2. The molecule has 0 fully saturated rings. The van der Waals surface area contributed by atoms with Crippen LogP contribution in [0.5, 0.6) is 0 Å². The molecule has 0 aliphatic heterocycles. The quantitative estimate of drug-likeness (QED) is 0.646. The van der Waals surface area contributed by atoms with Crippen LogP contribution in [-0.2, 0) is 6.18 Å². The van der Waals surface area contributed by atoms with Crippen molar-refractivity contribution in [3.8, 4) is 5.69 Å². The maximum atomic E-state index is 13.8. The van der Waals surface area contributed by atoms with Gasteiger partial charge in [-0.15, -0.1) is 0 Å². The van der Waals surface area contributed by atoms with Gasteiger partial charge >= 0.3 is 11.9 Å². The minimum Gasteiger partial charge on any atom is -0.409 e. The second-order valence-corrected chi connectivity index (χ2v) is 4.67. The Labute approximate surface area is 125 Å². The molecule has 0 bridgehead atoms. The van der Waals surface area contributed by atoms with E-state index in [0.29, 0.717) is 10.6 Å². The summed E-state index contributed by atoms with van der Waals surface area (Å²) in [6, 6.07) is 7.02. The number of aromatic nitrogens is 1. The summed E-state index contributed by atoms with van der Waals surface area (Å²) in [6.45, 7) is 0. The van der Waals surface area contributed by atoms with Crippen molar-refractivity contribution < 1.29 is 22.0 Å². The highest BCUT2D eigenvalue weighted by Crippen LogP contribution is 2.30. The second-order valence-electron chi connectivity index (χ2n) is 4.67. The molecule has 0 aliphatic rings. The highest BCUT2D eigenvalue weighted by molar-refractivity contribution is 5.76. The van der Waals surface area contributed by atoms with Gasteiger partial charge in [-0.05, 0) is 30.3 Å². The Morgan fingerprint density at radius 3 is 2.39 bits per heavy atom. The lowest BCUT2D eigenvalue weighted by Crippen LogP contribution is -2.31. The van der Waals surface area contributed by atoms with Crippen molar-refractivity contribution in [2.24, 2.45) is 0 Å². The minimum absolute atomic E-state index is 0.275. The fourth-order valence-electron chi connectivity index (χ4n) is 2.18. The Bertz CT molecular complexity index is 1020. The van der Waals surface area contributed by atoms with E-state index in [2.05, 4.69) is 0 Å². The molecule has 23 heavy (non-hydrogen) atoms. The first kappa shape index (κ1) is 15.0. The van der Waals surface area contributed by atoms with Gasteiger partial charge in [0.15, 0.2) is 0 Å². The SMILES string of the molecule is O=c1oc2cccc(F)c2c(=O)n1-c1cccc(C(F)(F)F)c1. The van der Waals surface area contributed by atoms with Crippen molar-refractivity contribution >= 4 is 11.0 Å². The molecule has 1 aromatic heterocycles. The smallest absolute Gasteiger partial charge is 0.409 e. The van der Waals surface area contributed by atoms with E-state index < -0.39 is 34.3 Å². The van der Waals surface area contributed by atoms with Crippen LogP contribution in [-0.4, -0.2) is 4.57 Å². The van der Waals surface area contributed by atoms with Crippen LogP contribution in [0.15, 0.2) is 56.5 Å². The van der Waals surface area contributed by atoms with Gasteiger partial charge in [-0.2, -0.15) is 13.2 Å². The Hall–Kier alpha value is -2.90. The van der Waals surface area contributed by atoms with E-state index in [4.69, 9.17) is 4.42 Å². The van der Waals surface area contributed by atoms with Gasteiger partial charge < -0.3 is 4.42 Å². The fraction of sp³-hybridized carbons (Fsp3) is 0.0667. The Kier molecular flexibility index (Phi) is 3.32. The molecule has 0 spiro atoms. The molecule has 0 saturated heterocycles. The molecule has 0 N–H and O–H groups in total. The van der Waals surface area contributed by atoms with Gasteiger partial charge in [-0.1, -0.05) is 12.1 Å². The second kappa shape index (κ2) is 5.08. The van der Waals surface area contributed by atoms with Crippen LogP contribution in [0.1, 0.15) is 5.56 Å². The van der Waals surface area contributed by atoms with Crippen molar-refractivity contribution in [1.82, 2.24) is 4.57 Å². The summed E-state index contributed by atoms with van der Waals surface area (Å²) < 4.78 is 57.2. The van der Waals surface area contributed by atoms with E-state index in [-0.39, 0.29) is 11.3 Å². The first-order valence-electron chi connectivity index (χ1n) is 6.31. The first-order valence-corrected chi connectivity index (χ1v) is 6.31. The van der Waals surface area contributed by atoms with E-state index in [1.807, 2.05) is 0 Å². The lowest BCUT2D eigenvalue weighted by Gasteiger charge is -2.10. The molecule has 0 atom stereocenters. The summed E-state index contributed by atoms with van der Waals surface area (Å²) in [5.41, 5.74) is -2.77. The van der Waals surface area contributed by atoms with Crippen LogP contribution in [0.2, 0.25) is 0 Å². The summed E-state index contributed by atoms with van der Waals surface area (Å²) in [5, 5.41) is -0.510. The molecule has 0 radical (unpaired) electrons. The van der Waals surface area contributed by atoms with Crippen molar-refractivity contribution in [2.45, 2.75) is 6.18 Å². The van der Waals surface area contributed by atoms with Crippen LogP contribution in [0.4, 0.5) is 17.6 Å². The lowest BCUT2D eigenvalue weighted by molar-refractivity contribution is -0.137. The van der Waals surface area contributed by atoms with E-state index >= 15 is 0 Å². The fourth-order valence-corrected chi connectivity index (χ4v) is 2.18. The molecule has 0 unspecified atom stereocenters. The van der Waals surface area contributed by atoms with Gasteiger partial charge in [0.05, 0.1) is 11.3 Å². The topological polar surface area (TPSA) is 52.2 Å². The van der Waals surface area contributed by atoms with Crippen LogP contribution in [0.3, 0.4) is 0 Å². The zero-order valence-electron chi connectivity index (χ0n) is 11.2. The molecular weight excluding hydrogens is 318 g/mol. The summed E-state index contributed by atoms with van der Waals surface area (Å²) in [6.07, 6.45) is -4.65. The van der Waals surface area contributed by atoms with Gasteiger partial charge in [0.2, 0.25) is 0 Å². The third kappa shape index (κ3) is 2.52. The van der Waals surface area contributed by atoms with Gasteiger partial charge in [0.25, 0.3) is 5.56 Å². The predicted octanol–water partition coefficient (Wildman–Crippen LogP) is 3.10. The zero-order valence-corrected chi connectivity index (χ0v) is 11.2. The Balaban J connectivity index is 2.36. The summed E-state index contributed by atoms with van der Waals surface area (Å²) in [5.74, 6) is -2.13. The van der Waals surface area contributed by atoms with Crippen LogP contribution in [0, 0.1) is 5.82 Å². The third-order valence-electron chi connectivity index (χ3n) is 3.20. The standard InChI is InChI=1S/C15H7F4NO3/c16-10-5-2-6-11-12(10)13(21)20(14(22)23-11)9-4-1-3-8(7-9)15(17,18)19/h1-7H. The van der Waals surface area contributed by atoms with Crippen molar-refractivity contribution in [2.75, 3.05) is 0 Å². The molecule has 0 amide bonds. The normalized spacial score (nSPS) is 11.8. The van der Waals surface area contributed by atoms with Crippen molar-refractivity contribution in [3.05, 3.63) is 74.7 Å². The van der Waals surface area contributed by atoms with E-state index in [1.54, 1.807) is 0 Å². The molecule has 1 heterocycles. The highest BCUT2D eigenvalue weighted by Gasteiger charge is 2.31. The van der Waals surface area contributed by atoms with Gasteiger partial charge in [-0.3, -0.25) is 4.79 Å². The summed E-state index contributed by atoms with van der Waals surface area (Å²) in [7, 11) is 0. The largest absolute Gasteiger partial charge is 0.426 e. The molecule has 0 aliphatic carbocycles. The predicted molar refractivity (Wildman–Crippen MR) is 73.0 cm³/mol. The Morgan fingerprint density at radius 2 is 1.70 bits per heavy atom. The number of fused-ring (bicyclic) bond motifs is 1. The minimum atomic E-state index is -4.65.